The van der Waals surface area contributed by atoms with Crippen LogP contribution in [-0.2, 0) is 23.7 Å². The van der Waals surface area contributed by atoms with Crippen molar-refractivity contribution in [2.24, 2.45) is 5.92 Å². The number of Topliss-reactive ketones (excluding diaryl/α,β-unsaturated/α-hetero) is 1. The van der Waals surface area contributed by atoms with Gasteiger partial charge in [-0.2, -0.15) is 11.8 Å². The minimum atomic E-state index is -1.71. The van der Waals surface area contributed by atoms with Crippen molar-refractivity contribution in [2.45, 2.75) is 100 Å². The molecule has 7 N–H and O–H groups in total. The number of ketones is 1. The third-order valence-corrected chi connectivity index (χ3v) is 7.78. The Morgan fingerprint density at radius 3 is 1.94 bits per heavy atom. The number of aliphatic hydroxyl groups is 7. The molecule has 13 heteroatoms. The van der Waals surface area contributed by atoms with Crippen LogP contribution in [0.1, 0.15) is 39.0 Å². The maximum absolute atomic E-state index is 11.9. The molecule has 2 aliphatic rings. The fraction of sp³-hybridized carbons (Fsp3) is 0.957. The number of carbonyl (C=O) groups is 1. The molecule has 0 radical (unpaired) electrons. The van der Waals surface area contributed by atoms with Gasteiger partial charge in [-0.05, 0) is 38.4 Å². The molecule has 0 spiro atoms. The zero-order chi connectivity index (χ0) is 26.8. The summed E-state index contributed by atoms with van der Waals surface area (Å²) in [6.07, 6.45) is -10.7. The van der Waals surface area contributed by atoms with E-state index in [1.165, 1.54) is 11.8 Å². The van der Waals surface area contributed by atoms with Crippen molar-refractivity contribution in [1.82, 2.24) is 0 Å². The molecular formula is C23H42O12S. The molecule has 2 saturated heterocycles. The monoisotopic (exact) mass is 542 g/mol. The summed E-state index contributed by atoms with van der Waals surface area (Å²) in [5.41, 5.74) is 0. The highest BCUT2D eigenvalue weighted by Crippen LogP contribution is 2.29. The second-order valence-corrected chi connectivity index (χ2v) is 10.5. The summed E-state index contributed by atoms with van der Waals surface area (Å²) in [6, 6.07) is 0. The fourth-order valence-corrected chi connectivity index (χ4v) is 5.34. The molecule has 0 amide bonds. The van der Waals surface area contributed by atoms with Crippen LogP contribution in [-0.4, -0.2) is 135 Å². The number of methoxy groups -OCH3 is 1. The van der Waals surface area contributed by atoms with E-state index < -0.39 is 68.0 Å². The van der Waals surface area contributed by atoms with Crippen LogP contribution in [0, 0.1) is 5.92 Å². The molecule has 0 bridgehead atoms. The third kappa shape index (κ3) is 8.82. The van der Waals surface area contributed by atoms with Gasteiger partial charge >= 0.3 is 0 Å². The average molecular weight is 543 g/mol. The van der Waals surface area contributed by atoms with Crippen LogP contribution in [0.3, 0.4) is 0 Å². The van der Waals surface area contributed by atoms with E-state index in [4.69, 9.17) is 18.9 Å². The quantitative estimate of drug-likeness (QED) is 0.114. The molecule has 2 rings (SSSR count). The van der Waals surface area contributed by atoms with Gasteiger partial charge in [-0.1, -0.05) is 6.42 Å². The van der Waals surface area contributed by atoms with E-state index in [2.05, 4.69) is 0 Å². The van der Waals surface area contributed by atoms with Gasteiger partial charge in [0.25, 0.3) is 0 Å². The normalized spacial score (nSPS) is 38.1. The number of aliphatic hydroxyl groups excluding tert-OH is 7. The van der Waals surface area contributed by atoms with E-state index in [0.717, 1.165) is 32.1 Å². The van der Waals surface area contributed by atoms with E-state index >= 15 is 0 Å². The zero-order valence-corrected chi connectivity index (χ0v) is 21.6. The van der Waals surface area contributed by atoms with Crippen LogP contribution >= 0.6 is 11.8 Å². The van der Waals surface area contributed by atoms with Crippen LogP contribution < -0.4 is 0 Å². The number of unbranched alkanes of at least 4 members (excludes halogenated alkanes) is 1. The lowest BCUT2D eigenvalue weighted by molar-refractivity contribution is -0.373. The standard InChI is InChI=1S/C23H42O12S/c1-12(25)13(6-3-4-8-32-2)7-5-9-36-11-15-17(27)19(29)21(31)23(34-15)35-22-20(30)18(28)16(26)14(10-24)33-22/h13-24,26-31H,3-11H2,1-2H3/t13?,14-,15-,16-,17-,18+,19+,20-,21-,22-,23-/m1/s1. The van der Waals surface area contributed by atoms with Gasteiger partial charge in [0.1, 0.15) is 48.5 Å². The zero-order valence-electron chi connectivity index (χ0n) is 20.8. The first-order valence-electron chi connectivity index (χ1n) is 12.3. The minimum absolute atomic E-state index is 0.00716. The van der Waals surface area contributed by atoms with Gasteiger partial charge in [0.2, 0.25) is 0 Å². The molecule has 11 atom stereocenters. The van der Waals surface area contributed by atoms with Crippen LogP contribution in [0.4, 0.5) is 0 Å². The Morgan fingerprint density at radius 2 is 1.39 bits per heavy atom. The van der Waals surface area contributed by atoms with Crippen LogP contribution in [0.2, 0.25) is 0 Å². The summed E-state index contributed by atoms with van der Waals surface area (Å²) < 4.78 is 21.4. The maximum Gasteiger partial charge on any atom is 0.189 e. The second kappa shape index (κ2) is 15.9. The van der Waals surface area contributed by atoms with Crippen molar-refractivity contribution in [1.29, 1.82) is 0 Å². The van der Waals surface area contributed by atoms with Crippen LogP contribution in [0.5, 0.6) is 0 Å². The summed E-state index contributed by atoms with van der Waals surface area (Å²) in [6.45, 7) is 1.62. The van der Waals surface area contributed by atoms with Crippen LogP contribution in [0.25, 0.3) is 0 Å². The summed E-state index contributed by atoms with van der Waals surface area (Å²) in [5.74, 6) is 1.10. The second-order valence-electron chi connectivity index (χ2n) is 9.36. The number of hydrogen-bond acceptors (Lipinski definition) is 13. The van der Waals surface area contributed by atoms with E-state index in [1.807, 2.05) is 0 Å². The van der Waals surface area contributed by atoms with Crippen molar-refractivity contribution < 1.29 is 59.5 Å². The third-order valence-electron chi connectivity index (χ3n) is 6.63. The highest BCUT2D eigenvalue weighted by molar-refractivity contribution is 7.99. The van der Waals surface area contributed by atoms with E-state index in [-0.39, 0.29) is 17.5 Å². The Hall–Kier alpha value is -0.420. The molecule has 0 saturated carbocycles. The Bertz CT molecular complexity index is 640. The van der Waals surface area contributed by atoms with Crippen molar-refractivity contribution >= 4 is 17.5 Å². The van der Waals surface area contributed by atoms with Gasteiger partial charge in [0, 0.05) is 25.4 Å². The molecule has 0 aromatic rings. The minimum Gasteiger partial charge on any atom is -0.394 e. The highest BCUT2D eigenvalue weighted by Gasteiger charge is 2.49. The number of hydrogen-bond donors (Lipinski definition) is 7. The van der Waals surface area contributed by atoms with Crippen molar-refractivity contribution in [3.8, 4) is 0 Å². The lowest BCUT2D eigenvalue weighted by Gasteiger charge is -2.44. The van der Waals surface area contributed by atoms with Crippen molar-refractivity contribution in [2.75, 3.05) is 31.8 Å². The van der Waals surface area contributed by atoms with Crippen LogP contribution in [0.15, 0.2) is 0 Å². The molecule has 0 aromatic heterocycles. The lowest BCUT2D eigenvalue weighted by Crippen LogP contribution is -2.63. The number of rotatable bonds is 15. The molecule has 2 fully saturated rings. The van der Waals surface area contributed by atoms with E-state index in [9.17, 15) is 40.5 Å². The number of thioether (sulfide) groups is 1. The summed E-state index contributed by atoms with van der Waals surface area (Å²) >= 11 is 1.45. The Morgan fingerprint density at radius 1 is 0.833 bits per heavy atom. The summed E-state index contributed by atoms with van der Waals surface area (Å²) in [7, 11) is 1.65. The first kappa shape index (κ1) is 31.8. The first-order valence-corrected chi connectivity index (χ1v) is 13.5. The molecule has 212 valence electrons. The molecular weight excluding hydrogens is 500 g/mol. The summed E-state index contributed by atoms with van der Waals surface area (Å²) in [5, 5.41) is 70.2. The van der Waals surface area contributed by atoms with Gasteiger partial charge in [-0.3, -0.25) is 4.79 Å². The molecule has 2 aliphatic heterocycles. The van der Waals surface area contributed by atoms with E-state index in [1.54, 1.807) is 14.0 Å². The molecule has 1 unspecified atom stereocenters. The predicted molar refractivity (Wildman–Crippen MR) is 128 cm³/mol. The summed E-state index contributed by atoms with van der Waals surface area (Å²) in [4.78, 5) is 11.9. The van der Waals surface area contributed by atoms with Crippen molar-refractivity contribution in [3.05, 3.63) is 0 Å². The Labute approximate surface area is 215 Å². The largest absolute Gasteiger partial charge is 0.394 e. The molecule has 0 aromatic carbocycles. The van der Waals surface area contributed by atoms with Gasteiger partial charge < -0.3 is 54.7 Å². The molecule has 2 heterocycles. The fourth-order valence-electron chi connectivity index (χ4n) is 4.30. The Kier molecular flexibility index (Phi) is 14.0. The predicted octanol–water partition coefficient (Wildman–Crippen LogP) is -1.85. The van der Waals surface area contributed by atoms with Gasteiger partial charge in [0.15, 0.2) is 12.6 Å². The SMILES string of the molecule is COCCCCC(CCCSC[C@H]1O[C@H](O[C@H]2O[C@H](CO)[C@@H](O)[C@H](O)[C@H]2O)[C@H](O)[C@@H](O)[C@@H]1O)C(C)=O. The van der Waals surface area contributed by atoms with E-state index in [0.29, 0.717) is 12.4 Å². The molecule has 12 nitrogen and oxygen atoms in total. The smallest absolute Gasteiger partial charge is 0.189 e. The maximum atomic E-state index is 11.9. The number of ether oxygens (including phenoxy) is 4. The first-order chi connectivity index (χ1) is 17.1. The highest BCUT2D eigenvalue weighted by atomic mass is 32.2. The molecule has 0 aliphatic carbocycles. The average Bonchev–Trinajstić information content (AvgIpc) is 2.86. The van der Waals surface area contributed by atoms with Gasteiger partial charge in [-0.25, -0.2) is 0 Å². The Balaban J connectivity index is 1.83. The lowest BCUT2D eigenvalue weighted by atomic mass is 9.93. The molecule has 36 heavy (non-hydrogen) atoms. The topological polar surface area (TPSA) is 196 Å². The van der Waals surface area contributed by atoms with Gasteiger partial charge in [-0.15, -0.1) is 0 Å². The number of carbonyl (C=O) groups excluding carboxylic acids is 1. The van der Waals surface area contributed by atoms with Crippen molar-refractivity contribution in [3.63, 3.8) is 0 Å². The van der Waals surface area contributed by atoms with Gasteiger partial charge in [0.05, 0.1) is 12.7 Å².